The second-order valence-electron chi connectivity index (χ2n) is 6.27. The van der Waals surface area contributed by atoms with Crippen molar-refractivity contribution in [1.82, 2.24) is 30.0 Å². The molecule has 0 radical (unpaired) electrons. The lowest BCUT2D eigenvalue weighted by Crippen LogP contribution is -2.29. The van der Waals surface area contributed by atoms with E-state index in [0.717, 1.165) is 12.3 Å². The Hall–Kier alpha value is -3.83. The van der Waals surface area contributed by atoms with Gasteiger partial charge in [0.15, 0.2) is 11.6 Å². The summed E-state index contributed by atoms with van der Waals surface area (Å²) in [4.78, 5) is 35.3. The predicted octanol–water partition coefficient (Wildman–Crippen LogP) is 2.53. The van der Waals surface area contributed by atoms with Crippen LogP contribution in [0.15, 0.2) is 43.1 Å². The molecule has 3 aromatic rings. The smallest absolute Gasteiger partial charge is 0.342 e. The zero-order chi connectivity index (χ0) is 21.9. The lowest BCUT2D eigenvalue weighted by molar-refractivity contribution is -0.137. The van der Waals surface area contributed by atoms with E-state index in [-0.39, 0.29) is 11.5 Å². The summed E-state index contributed by atoms with van der Waals surface area (Å²) in [6, 6.07) is 3.23. The van der Waals surface area contributed by atoms with Crippen molar-refractivity contribution in [2.24, 2.45) is 0 Å². The van der Waals surface area contributed by atoms with Crippen molar-refractivity contribution in [2.45, 2.75) is 26.1 Å². The third kappa shape index (κ3) is 4.77. The Labute approximate surface area is 168 Å². The monoisotopic (exact) mass is 419 g/mol. The van der Waals surface area contributed by atoms with Crippen molar-refractivity contribution in [3.05, 3.63) is 60.1 Å². The van der Waals surface area contributed by atoms with E-state index in [2.05, 4.69) is 30.7 Å². The maximum Gasteiger partial charge on any atom is 0.417 e. The number of carbonyl (C=O) groups is 2. The summed E-state index contributed by atoms with van der Waals surface area (Å²) in [7, 11) is 0. The van der Waals surface area contributed by atoms with Crippen LogP contribution in [0.1, 0.15) is 41.6 Å². The zero-order valence-corrected chi connectivity index (χ0v) is 15.8. The Morgan fingerprint density at radius 3 is 2.53 bits per heavy atom. The van der Waals surface area contributed by atoms with E-state index in [9.17, 15) is 22.8 Å². The van der Waals surface area contributed by atoms with Gasteiger partial charge < -0.3 is 10.6 Å². The van der Waals surface area contributed by atoms with Crippen LogP contribution in [0.25, 0.3) is 5.82 Å². The number of pyridine rings is 2. The minimum atomic E-state index is -4.61. The summed E-state index contributed by atoms with van der Waals surface area (Å²) in [6.45, 7) is 2.97. The molecule has 3 aromatic heterocycles. The highest BCUT2D eigenvalue weighted by atomic mass is 19.4. The van der Waals surface area contributed by atoms with Gasteiger partial charge in [0.25, 0.3) is 5.91 Å². The number of halogens is 3. The Balaban J connectivity index is 1.77. The first kappa shape index (κ1) is 20.9. The summed E-state index contributed by atoms with van der Waals surface area (Å²) in [6.07, 6.45) is -0.228. The molecule has 3 rings (SSSR count). The first-order chi connectivity index (χ1) is 14.1. The predicted molar refractivity (Wildman–Crippen MR) is 98.6 cm³/mol. The summed E-state index contributed by atoms with van der Waals surface area (Å²) < 4.78 is 39.9. The first-order valence-electron chi connectivity index (χ1n) is 8.62. The lowest BCUT2D eigenvalue weighted by atomic mass is 10.2. The van der Waals surface area contributed by atoms with Gasteiger partial charge in [-0.25, -0.2) is 9.97 Å². The molecule has 0 saturated carbocycles. The molecule has 0 aliphatic heterocycles. The van der Waals surface area contributed by atoms with Crippen LogP contribution in [-0.2, 0) is 11.0 Å². The molecule has 0 aliphatic rings. The fourth-order valence-electron chi connectivity index (χ4n) is 2.57. The van der Waals surface area contributed by atoms with Crippen LogP contribution in [-0.4, -0.2) is 36.5 Å². The average molecular weight is 419 g/mol. The number of alkyl halides is 3. The van der Waals surface area contributed by atoms with Gasteiger partial charge in [-0.05, 0) is 25.1 Å². The molecule has 1 atom stereocenters. The van der Waals surface area contributed by atoms with Gasteiger partial charge in [0.05, 0.1) is 29.1 Å². The fraction of sp³-hybridized carbons (Fsp3) is 0.222. The number of amides is 2. The van der Waals surface area contributed by atoms with Crippen LogP contribution in [0.2, 0.25) is 0 Å². The summed E-state index contributed by atoms with van der Waals surface area (Å²) >= 11 is 0. The Morgan fingerprint density at radius 1 is 1.13 bits per heavy atom. The highest BCUT2D eigenvalue weighted by Crippen LogP contribution is 2.29. The molecule has 9 nitrogen and oxygen atoms in total. The summed E-state index contributed by atoms with van der Waals surface area (Å²) in [5.74, 6) is -0.308. The minimum absolute atomic E-state index is 0.236. The van der Waals surface area contributed by atoms with Crippen molar-refractivity contribution in [3.63, 3.8) is 0 Å². The quantitative estimate of drug-likeness (QED) is 0.657. The molecular weight excluding hydrogens is 403 g/mol. The van der Waals surface area contributed by atoms with E-state index in [1.165, 1.54) is 24.1 Å². The zero-order valence-electron chi connectivity index (χ0n) is 15.8. The second kappa shape index (κ2) is 8.27. The number of nitrogens with one attached hydrogen (secondary N) is 2. The number of aromatic nitrogens is 5. The number of carbonyl (C=O) groups excluding carboxylic acids is 2. The van der Waals surface area contributed by atoms with Crippen molar-refractivity contribution < 1.29 is 22.8 Å². The molecular formula is C18H16F3N7O2. The number of anilines is 1. The topological polar surface area (TPSA) is 115 Å². The number of nitrogens with zero attached hydrogens (tertiary/aromatic N) is 5. The van der Waals surface area contributed by atoms with E-state index in [0.29, 0.717) is 23.5 Å². The van der Waals surface area contributed by atoms with E-state index in [1.807, 2.05) is 0 Å². The van der Waals surface area contributed by atoms with E-state index < -0.39 is 23.7 Å². The fourth-order valence-corrected chi connectivity index (χ4v) is 2.57. The van der Waals surface area contributed by atoms with Gasteiger partial charge in [0.1, 0.15) is 6.33 Å². The lowest BCUT2D eigenvalue weighted by Gasteiger charge is -2.15. The molecule has 0 aromatic carbocycles. The van der Waals surface area contributed by atoms with E-state index >= 15 is 0 Å². The van der Waals surface area contributed by atoms with Crippen molar-refractivity contribution in [2.75, 3.05) is 5.32 Å². The van der Waals surface area contributed by atoms with Crippen LogP contribution < -0.4 is 10.6 Å². The third-order valence-corrected chi connectivity index (χ3v) is 3.92. The molecule has 0 unspecified atom stereocenters. The van der Waals surface area contributed by atoms with Crippen LogP contribution in [0.5, 0.6) is 0 Å². The van der Waals surface area contributed by atoms with Crippen LogP contribution in [0.4, 0.5) is 18.9 Å². The molecule has 0 saturated heterocycles. The van der Waals surface area contributed by atoms with Gasteiger partial charge in [0.2, 0.25) is 5.91 Å². The van der Waals surface area contributed by atoms with Crippen LogP contribution in [0.3, 0.4) is 0 Å². The van der Waals surface area contributed by atoms with Crippen LogP contribution in [0, 0.1) is 0 Å². The SMILES string of the molecule is CC(=O)Nc1ccc(-n2ncnc2[C@H](C)NC(=O)c2cncc(C(F)(F)F)c2)nc1. The van der Waals surface area contributed by atoms with E-state index in [4.69, 9.17) is 0 Å². The molecule has 0 fully saturated rings. The number of rotatable bonds is 5. The molecule has 0 spiro atoms. The summed E-state index contributed by atoms with van der Waals surface area (Å²) in [5.41, 5.74) is -0.763. The first-order valence-corrected chi connectivity index (χ1v) is 8.62. The minimum Gasteiger partial charge on any atom is -0.342 e. The van der Waals surface area contributed by atoms with Gasteiger partial charge in [-0.1, -0.05) is 0 Å². The van der Waals surface area contributed by atoms with Crippen molar-refractivity contribution in [3.8, 4) is 5.82 Å². The molecule has 3 heterocycles. The Kier molecular flexibility index (Phi) is 5.76. The molecule has 0 bridgehead atoms. The number of hydrogen-bond acceptors (Lipinski definition) is 6. The second-order valence-corrected chi connectivity index (χ2v) is 6.27. The molecule has 12 heteroatoms. The van der Waals surface area contributed by atoms with Gasteiger partial charge in [-0.3, -0.25) is 14.6 Å². The normalized spacial score (nSPS) is 12.3. The number of hydrogen-bond donors (Lipinski definition) is 2. The molecule has 30 heavy (non-hydrogen) atoms. The third-order valence-electron chi connectivity index (χ3n) is 3.92. The largest absolute Gasteiger partial charge is 0.417 e. The van der Waals surface area contributed by atoms with Crippen molar-refractivity contribution >= 4 is 17.5 Å². The highest BCUT2D eigenvalue weighted by Gasteiger charge is 2.31. The standard InChI is InChI=1S/C18H16F3N7O2/c1-10(26-17(30)12-5-13(7-22-6-12)18(19,20)21)16-24-9-25-28(16)15-4-3-14(8-23-15)27-11(2)29/h3-10H,1-2H3,(H,26,30)(H,27,29)/t10-/m0/s1. The maximum absolute atomic E-state index is 12.8. The molecule has 156 valence electrons. The van der Waals surface area contributed by atoms with Gasteiger partial charge >= 0.3 is 6.18 Å². The average Bonchev–Trinajstić information content (AvgIpc) is 3.17. The van der Waals surface area contributed by atoms with Crippen LogP contribution >= 0.6 is 0 Å². The van der Waals surface area contributed by atoms with E-state index in [1.54, 1.807) is 19.1 Å². The van der Waals surface area contributed by atoms with Gasteiger partial charge in [-0.2, -0.15) is 23.0 Å². The van der Waals surface area contributed by atoms with Crippen molar-refractivity contribution in [1.29, 1.82) is 0 Å². The van der Waals surface area contributed by atoms with Gasteiger partial charge in [0, 0.05) is 19.3 Å². The summed E-state index contributed by atoms with van der Waals surface area (Å²) in [5, 5.41) is 9.22. The van der Waals surface area contributed by atoms with Gasteiger partial charge in [-0.15, -0.1) is 0 Å². The molecule has 2 N–H and O–H groups in total. The molecule has 0 aliphatic carbocycles. The Bertz CT molecular complexity index is 1060. The Morgan fingerprint density at radius 2 is 1.90 bits per heavy atom. The molecule has 2 amide bonds. The maximum atomic E-state index is 12.8. The highest BCUT2D eigenvalue weighted by molar-refractivity contribution is 5.94.